The molecule has 104 valence electrons. The molecule has 19 heavy (non-hydrogen) atoms. The molecule has 0 spiro atoms. The Morgan fingerprint density at radius 3 is 2.37 bits per heavy atom. The van der Waals surface area contributed by atoms with Crippen LogP contribution in [0.1, 0.15) is 6.92 Å². The third-order valence-electron chi connectivity index (χ3n) is 2.29. The number of para-hydroxylation sites is 1. The van der Waals surface area contributed by atoms with Crippen LogP contribution in [0.15, 0.2) is 43.0 Å². The predicted molar refractivity (Wildman–Crippen MR) is 79.6 cm³/mol. The van der Waals surface area contributed by atoms with Crippen LogP contribution in [0, 0.1) is 5.41 Å². The number of halogens is 3. The molecule has 6 heteroatoms. The van der Waals surface area contributed by atoms with Gasteiger partial charge in [0.15, 0.2) is 5.60 Å². The molecule has 1 aromatic rings. The summed E-state index contributed by atoms with van der Waals surface area (Å²) in [5.41, 5.74) is -0.961. The summed E-state index contributed by atoms with van der Waals surface area (Å²) in [6.45, 7) is 5.48. The molecule has 0 aliphatic rings. The van der Waals surface area contributed by atoms with Crippen molar-refractivity contribution in [2.75, 3.05) is 6.61 Å². The van der Waals surface area contributed by atoms with Crippen LogP contribution in [0.5, 0.6) is 5.75 Å². The monoisotopic (exact) mass is 321 g/mol. The van der Waals surface area contributed by atoms with Gasteiger partial charge in [0.25, 0.3) is 3.79 Å². The summed E-state index contributed by atoms with van der Waals surface area (Å²) >= 11 is 16.7. The average molecular weight is 323 g/mol. The van der Waals surface area contributed by atoms with E-state index in [1.807, 2.05) is 30.3 Å². The maximum Gasteiger partial charge on any atom is 0.265 e. The lowest BCUT2D eigenvalue weighted by molar-refractivity contribution is 0.0638. The highest BCUT2D eigenvalue weighted by molar-refractivity contribution is 6.76. The van der Waals surface area contributed by atoms with Gasteiger partial charge in [-0.2, -0.15) is 0 Å². The Bertz CT molecular complexity index is 445. The molecule has 1 aromatic carbocycles. The van der Waals surface area contributed by atoms with E-state index in [1.54, 1.807) is 6.92 Å². The second-order valence-corrected chi connectivity index (χ2v) is 6.33. The Labute approximate surface area is 127 Å². The number of benzene rings is 1. The van der Waals surface area contributed by atoms with Crippen LogP contribution >= 0.6 is 34.8 Å². The van der Waals surface area contributed by atoms with Crippen molar-refractivity contribution in [3.8, 4) is 5.75 Å². The van der Waals surface area contributed by atoms with Crippen LogP contribution in [-0.4, -0.2) is 21.9 Å². The van der Waals surface area contributed by atoms with E-state index in [4.69, 9.17) is 49.7 Å². The Hall–Kier alpha value is -0.900. The van der Waals surface area contributed by atoms with E-state index in [-0.39, 0.29) is 6.61 Å². The van der Waals surface area contributed by atoms with Crippen molar-refractivity contribution in [2.45, 2.75) is 16.3 Å². The van der Waals surface area contributed by atoms with E-state index < -0.39 is 15.3 Å². The van der Waals surface area contributed by atoms with Gasteiger partial charge >= 0.3 is 0 Å². The largest absolute Gasteiger partial charge is 0.489 e. The van der Waals surface area contributed by atoms with Gasteiger partial charge in [0.2, 0.25) is 5.90 Å². The average Bonchev–Trinajstić information content (AvgIpc) is 2.36. The maximum atomic E-state index is 7.56. The summed E-state index contributed by atoms with van der Waals surface area (Å²) in [6.07, 6.45) is 1.50. The summed E-state index contributed by atoms with van der Waals surface area (Å²) in [6, 6.07) is 9.21. The molecular weight excluding hydrogens is 309 g/mol. The van der Waals surface area contributed by atoms with Crippen molar-refractivity contribution in [2.24, 2.45) is 0 Å². The molecule has 0 saturated heterocycles. The van der Waals surface area contributed by atoms with Gasteiger partial charge in [0.1, 0.15) is 12.4 Å². The van der Waals surface area contributed by atoms with Gasteiger partial charge in [-0.05, 0) is 25.1 Å². The molecule has 1 N–H and O–H groups in total. The molecule has 3 nitrogen and oxygen atoms in total. The number of alkyl halides is 3. The minimum Gasteiger partial charge on any atom is -0.489 e. The maximum absolute atomic E-state index is 7.56. The van der Waals surface area contributed by atoms with E-state index in [2.05, 4.69) is 6.58 Å². The Balaban J connectivity index is 2.66. The van der Waals surface area contributed by atoms with Crippen LogP contribution < -0.4 is 4.74 Å². The molecule has 1 unspecified atom stereocenters. The van der Waals surface area contributed by atoms with Gasteiger partial charge in [-0.1, -0.05) is 59.6 Å². The van der Waals surface area contributed by atoms with E-state index in [0.717, 1.165) is 0 Å². The summed E-state index contributed by atoms with van der Waals surface area (Å²) in [7, 11) is 0. The highest BCUT2D eigenvalue weighted by atomic mass is 35.6. The van der Waals surface area contributed by atoms with Crippen molar-refractivity contribution in [3.63, 3.8) is 0 Å². The zero-order chi connectivity index (χ0) is 14.5. The number of hydrogen-bond acceptors (Lipinski definition) is 3. The van der Waals surface area contributed by atoms with Crippen LogP contribution in [0.3, 0.4) is 0 Å². The minimum absolute atomic E-state index is 0.142. The fourth-order valence-electron chi connectivity index (χ4n) is 1.16. The lowest BCUT2D eigenvalue weighted by atomic mass is 10.1. The van der Waals surface area contributed by atoms with E-state index in [9.17, 15) is 0 Å². The molecule has 0 heterocycles. The van der Waals surface area contributed by atoms with Gasteiger partial charge in [-0.15, -0.1) is 0 Å². The highest BCUT2D eigenvalue weighted by Crippen LogP contribution is 2.30. The van der Waals surface area contributed by atoms with Crippen molar-refractivity contribution >= 4 is 40.7 Å². The zero-order valence-electron chi connectivity index (χ0n) is 10.3. The van der Waals surface area contributed by atoms with Crippen LogP contribution in [0.4, 0.5) is 0 Å². The molecule has 0 bridgehead atoms. The quantitative estimate of drug-likeness (QED) is 0.378. The van der Waals surface area contributed by atoms with Gasteiger partial charge in [-0.3, -0.25) is 5.41 Å². The fourth-order valence-corrected chi connectivity index (χ4v) is 1.28. The molecule has 1 rings (SSSR count). The first-order chi connectivity index (χ1) is 8.77. The van der Waals surface area contributed by atoms with Crippen molar-refractivity contribution in [3.05, 3.63) is 43.0 Å². The zero-order valence-corrected chi connectivity index (χ0v) is 12.6. The summed E-state index contributed by atoms with van der Waals surface area (Å²) in [5.74, 6) is 0.205. The predicted octanol–water partition coefficient (Wildman–Crippen LogP) is 4.37. The second kappa shape index (κ2) is 6.51. The van der Waals surface area contributed by atoms with Gasteiger partial charge < -0.3 is 9.47 Å². The first-order valence-electron chi connectivity index (χ1n) is 5.43. The molecule has 0 radical (unpaired) electrons. The fraction of sp³-hybridized carbons (Fsp3) is 0.308. The molecular formula is C13H14Cl3NO2. The number of hydrogen-bond donors (Lipinski definition) is 1. The van der Waals surface area contributed by atoms with Gasteiger partial charge in [0, 0.05) is 0 Å². The topological polar surface area (TPSA) is 42.3 Å². The summed E-state index contributed by atoms with van der Waals surface area (Å²) < 4.78 is 8.97. The first kappa shape index (κ1) is 16.2. The molecule has 0 fully saturated rings. The SMILES string of the molecule is C=CC(C)(COc1ccccc1)OC(=N)C(Cl)(Cl)Cl. The van der Waals surface area contributed by atoms with Crippen molar-refractivity contribution < 1.29 is 9.47 Å². The van der Waals surface area contributed by atoms with Gasteiger partial charge in [0.05, 0.1) is 0 Å². The Kier molecular flexibility index (Phi) is 5.53. The normalized spacial score (nSPS) is 14.3. The van der Waals surface area contributed by atoms with Crippen molar-refractivity contribution in [1.82, 2.24) is 0 Å². The lowest BCUT2D eigenvalue weighted by Crippen LogP contribution is -2.39. The van der Waals surface area contributed by atoms with E-state index >= 15 is 0 Å². The molecule has 0 aliphatic carbocycles. The smallest absolute Gasteiger partial charge is 0.265 e. The number of rotatable bonds is 5. The van der Waals surface area contributed by atoms with Gasteiger partial charge in [-0.25, -0.2) is 0 Å². The molecule has 0 saturated carbocycles. The van der Waals surface area contributed by atoms with Crippen LogP contribution in [0.2, 0.25) is 0 Å². The molecule has 1 atom stereocenters. The van der Waals surface area contributed by atoms with Crippen LogP contribution in [0.25, 0.3) is 0 Å². The third-order valence-corrected chi connectivity index (χ3v) is 2.81. The molecule has 0 amide bonds. The summed E-state index contributed by atoms with van der Waals surface area (Å²) in [4.78, 5) is 0. The van der Waals surface area contributed by atoms with Crippen LogP contribution in [-0.2, 0) is 4.74 Å². The highest BCUT2D eigenvalue weighted by Gasteiger charge is 2.35. The molecule has 0 aliphatic heterocycles. The lowest BCUT2D eigenvalue weighted by Gasteiger charge is -2.29. The van der Waals surface area contributed by atoms with E-state index in [0.29, 0.717) is 5.75 Å². The minimum atomic E-state index is -1.91. The Morgan fingerprint density at radius 1 is 1.32 bits per heavy atom. The standard InChI is InChI=1S/C13H14Cl3NO2/c1-3-12(2,19-11(17)13(14,15)16)9-18-10-7-5-4-6-8-10/h3-8,17H,1,9H2,2H3. The van der Waals surface area contributed by atoms with E-state index in [1.165, 1.54) is 6.08 Å². The molecule has 0 aromatic heterocycles. The number of ether oxygens (including phenoxy) is 2. The number of nitrogens with one attached hydrogen (secondary N) is 1. The second-order valence-electron chi connectivity index (χ2n) is 4.05. The Morgan fingerprint density at radius 2 is 1.89 bits per heavy atom. The van der Waals surface area contributed by atoms with Crippen molar-refractivity contribution in [1.29, 1.82) is 5.41 Å². The first-order valence-corrected chi connectivity index (χ1v) is 6.56. The summed E-state index contributed by atoms with van der Waals surface area (Å²) in [5, 5.41) is 7.56. The third kappa shape index (κ3) is 5.31.